The van der Waals surface area contributed by atoms with Crippen LogP contribution in [0.3, 0.4) is 0 Å². The third kappa shape index (κ3) is 4.64. The summed E-state index contributed by atoms with van der Waals surface area (Å²) in [5.74, 6) is 0.375. The fourth-order valence-electron chi connectivity index (χ4n) is 2.56. The van der Waals surface area contributed by atoms with Crippen LogP contribution in [-0.4, -0.2) is 14.7 Å². The van der Waals surface area contributed by atoms with Gasteiger partial charge in [-0.2, -0.15) is 0 Å². The van der Waals surface area contributed by atoms with Gasteiger partial charge in [0.25, 0.3) is 0 Å². The Morgan fingerprint density at radius 1 is 1.22 bits per heavy atom. The van der Waals surface area contributed by atoms with E-state index in [0.29, 0.717) is 17.4 Å². The van der Waals surface area contributed by atoms with Crippen molar-refractivity contribution < 1.29 is 9.00 Å². The summed E-state index contributed by atoms with van der Waals surface area (Å²) in [6.45, 7) is 6.26. The molecule has 2 aromatic rings. The van der Waals surface area contributed by atoms with Crippen molar-refractivity contribution in [2.45, 2.75) is 56.4 Å². The van der Waals surface area contributed by atoms with E-state index in [9.17, 15) is 9.00 Å². The minimum absolute atomic E-state index is 0.0223. The lowest BCUT2D eigenvalue weighted by molar-refractivity contribution is 0.0871. The largest absolute Gasteiger partial charge is 0.279 e. The molecule has 0 aliphatic rings. The summed E-state index contributed by atoms with van der Waals surface area (Å²) in [4.78, 5) is 13.2. The molecule has 124 valence electrons. The lowest BCUT2D eigenvalue weighted by Gasteiger charge is -2.12. The predicted molar refractivity (Wildman–Crippen MR) is 94.2 cm³/mol. The highest BCUT2D eigenvalue weighted by atomic mass is 32.2. The number of carbonyl (C=O) groups excluding carboxylic acids is 1. The van der Waals surface area contributed by atoms with Gasteiger partial charge in [-0.1, -0.05) is 50.8 Å². The molecule has 0 bridgehead atoms. The van der Waals surface area contributed by atoms with E-state index in [4.69, 9.17) is 0 Å². The van der Waals surface area contributed by atoms with Crippen molar-refractivity contribution in [1.82, 2.24) is 4.57 Å². The Morgan fingerprint density at radius 2 is 1.91 bits per heavy atom. The molecular formula is C19H25NO2S. The maximum atomic E-state index is 12.7. The number of aryl methyl sites for hydroxylation is 1. The predicted octanol–water partition coefficient (Wildman–Crippen LogP) is 4.82. The lowest BCUT2D eigenvalue weighted by atomic mass is 10.0. The van der Waals surface area contributed by atoms with Crippen LogP contribution in [-0.2, 0) is 10.8 Å². The Morgan fingerprint density at radius 3 is 2.57 bits per heavy atom. The van der Waals surface area contributed by atoms with Crippen LogP contribution >= 0.6 is 0 Å². The highest BCUT2D eigenvalue weighted by Crippen LogP contribution is 2.20. The van der Waals surface area contributed by atoms with Crippen molar-refractivity contribution in [2.24, 2.45) is 5.92 Å². The maximum Gasteiger partial charge on any atom is 0.231 e. The SMILES string of the molecule is CCCC[C@H](C)CC(=O)n1cccc1S(=O)c1ccc(C)cc1. The normalized spacial score (nSPS) is 13.7. The summed E-state index contributed by atoms with van der Waals surface area (Å²) < 4.78 is 14.3. The summed E-state index contributed by atoms with van der Waals surface area (Å²) in [6, 6.07) is 11.2. The first kappa shape index (κ1) is 17.7. The van der Waals surface area contributed by atoms with Gasteiger partial charge in [-0.3, -0.25) is 9.36 Å². The van der Waals surface area contributed by atoms with Crippen LogP contribution in [0.5, 0.6) is 0 Å². The van der Waals surface area contributed by atoms with E-state index < -0.39 is 10.8 Å². The Balaban J connectivity index is 2.14. The third-order valence-corrected chi connectivity index (χ3v) is 5.39. The van der Waals surface area contributed by atoms with Crippen LogP contribution in [0.15, 0.2) is 52.5 Å². The Bertz CT molecular complexity index is 673. The highest BCUT2D eigenvalue weighted by Gasteiger charge is 2.17. The van der Waals surface area contributed by atoms with Crippen LogP contribution in [0.25, 0.3) is 0 Å². The second-order valence-electron chi connectivity index (χ2n) is 6.14. The first-order valence-electron chi connectivity index (χ1n) is 8.22. The molecule has 0 fully saturated rings. The van der Waals surface area contributed by atoms with Gasteiger partial charge in [0.2, 0.25) is 5.91 Å². The van der Waals surface area contributed by atoms with Crippen LogP contribution < -0.4 is 0 Å². The fraction of sp³-hybridized carbons (Fsp3) is 0.421. The standard InChI is InChI=1S/C19H25NO2S/c1-4-5-7-16(3)14-18(21)20-13-6-8-19(20)23(22)17-11-9-15(2)10-12-17/h6,8-13,16H,4-5,7,14H2,1-3H3/t16-,23?/m0/s1. The molecule has 0 spiro atoms. The van der Waals surface area contributed by atoms with Gasteiger partial charge in [0.15, 0.2) is 0 Å². The number of nitrogens with zero attached hydrogens (tertiary/aromatic N) is 1. The van der Waals surface area contributed by atoms with Gasteiger partial charge < -0.3 is 0 Å². The number of hydrogen-bond donors (Lipinski definition) is 0. The molecule has 3 nitrogen and oxygen atoms in total. The Kier molecular flexibility index (Phi) is 6.34. The fourth-order valence-corrected chi connectivity index (χ4v) is 3.72. The number of unbranched alkanes of at least 4 members (excludes halogenated alkanes) is 1. The first-order valence-corrected chi connectivity index (χ1v) is 9.37. The molecule has 2 atom stereocenters. The van der Waals surface area contributed by atoms with Gasteiger partial charge in [-0.15, -0.1) is 0 Å². The number of carbonyl (C=O) groups is 1. The maximum absolute atomic E-state index is 12.7. The van der Waals surface area contributed by atoms with Crippen molar-refractivity contribution in [3.8, 4) is 0 Å². The number of rotatable bonds is 7. The van der Waals surface area contributed by atoms with Crippen LogP contribution in [0.2, 0.25) is 0 Å². The number of aromatic nitrogens is 1. The quantitative estimate of drug-likeness (QED) is 0.729. The molecule has 0 saturated heterocycles. The summed E-state index contributed by atoms with van der Waals surface area (Å²) in [5.41, 5.74) is 1.13. The minimum atomic E-state index is -1.33. The van der Waals surface area contributed by atoms with Crippen LogP contribution in [0.1, 0.15) is 49.9 Å². The summed E-state index contributed by atoms with van der Waals surface area (Å²) in [7, 11) is -1.33. The Labute approximate surface area is 141 Å². The molecule has 1 unspecified atom stereocenters. The molecule has 1 aromatic carbocycles. The molecule has 0 saturated carbocycles. The van der Waals surface area contributed by atoms with E-state index in [1.54, 1.807) is 22.9 Å². The number of hydrogen-bond acceptors (Lipinski definition) is 2. The third-order valence-electron chi connectivity index (χ3n) is 3.98. The topological polar surface area (TPSA) is 39.1 Å². The van der Waals surface area contributed by atoms with Crippen molar-refractivity contribution in [2.75, 3.05) is 0 Å². The highest BCUT2D eigenvalue weighted by molar-refractivity contribution is 7.85. The van der Waals surface area contributed by atoms with Crippen LogP contribution in [0, 0.1) is 12.8 Å². The zero-order valence-corrected chi connectivity index (χ0v) is 14.9. The molecular weight excluding hydrogens is 306 g/mol. The van der Waals surface area contributed by atoms with E-state index in [-0.39, 0.29) is 5.91 Å². The summed E-state index contributed by atoms with van der Waals surface area (Å²) in [5, 5.41) is 0.557. The smallest absolute Gasteiger partial charge is 0.231 e. The van der Waals surface area contributed by atoms with Crippen molar-refractivity contribution >= 4 is 16.7 Å². The first-order chi connectivity index (χ1) is 11.0. The van der Waals surface area contributed by atoms with Gasteiger partial charge in [-0.05, 0) is 37.1 Å². The average Bonchev–Trinajstić information content (AvgIpc) is 3.02. The minimum Gasteiger partial charge on any atom is -0.279 e. The lowest BCUT2D eigenvalue weighted by Crippen LogP contribution is -2.16. The average molecular weight is 331 g/mol. The van der Waals surface area contributed by atoms with E-state index >= 15 is 0 Å². The number of benzene rings is 1. The van der Waals surface area contributed by atoms with Crippen molar-refractivity contribution in [3.63, 3.8) is 0 Å². The molecule has 0 N–H and O–H groups in total. The van der Waals surface area contributed by atoms with Crippen molar-refractivity contribution in [3.05, 3.63) is 48.2 Å². The molecule has 0 aliphatic heterocycles. The zero-order chi connectivity index (χ0) is 16.8. The van der Waals surface area contributed by atoms with Gasteiger partial charge in [0, 0.05) is 17.5 Å². The second-order valence-corrected chi connectivity index (χ2v) is 7.57. The molecule has 0 aliphatic carbocycles. The second kappa shape index (κ2) is 8.25. The van der Waals surface area contributed by atoms with Gasteiger partial charge in [-0.25, -0.2) is 4.21 Å². The van der Waals surface area contributed by atoms with Gasteiger partial charge in [0.1, 0.15) is 15.8 Å². The summed E-state index contributed by atoms with van der Waals surface area (Å²) in [6.07, 6.45) is 5.55. The van der Waals surface area contributed by atoms with Crippen molar-refractivity contribution in [1.29, 1.82) is 0 Å². The Hall–Kier alpha value is -1.68. The van der Waals surface area contributed by atoms with E-state index in [0.717, 1.165) is 29.7 Å². The van der Waals surface area contributed by atoms with E-state index in [1.165, 1.54) is 0 Å². The molecule has 0 radical (unpaired) electrons. The van der Waals surface area contributed by atoms with Gasteiger partial charge in [0.05, 0.1) is 0 Å². The molecule has 1 heterocycles. The van der Waals surface area contributed by atoms with E-state index in [2.05, 4.69) is 13.8 Å². The monoisotopic (exact) mass is 331 g/mol. The van der Waals surface area contributed by atoms with E-state index in [1.807, 2.05) is 31.2 Å². The molecule has 4 heteroatoms. The summed E-state index contributed by atoms with van der Waals surface area (Å²) >= 11 is 0. The molecule has 2 rings (SSSR count). The van der Waals surface area contributed by atoms with Gasteiger partial charge >= 0.3 is 0 Å². The molecule has 0 amide bonds. The molecule has 1 aromatic heterocycles. The van der Waals surface area contributed by atoms with Crippen LogP contribution in [0.4, 0.5) is 0 Å². The zero-order valence-electron chi connectivity index (χ0n) is 14.1. The molecule has 23 heavy (non-hydrogen) atoms.